The van der Waals surface area contributed by atoms with Crippen LogP contribution in [0.3, 0.4) is 0 Å². The van der Waals surface area contributed by atoms with Crippen LogP contribution in [-0.2, 0) is 4.79 Å². The SMILES string of the molecule is CCC1CN(C(=O)[C@H]2CCN[C@@H](C)C2)CCN1CC(F)F. The van der Waals surface area contributed by atoms with Crippen molar-refractivity contribution in [2.45, 2.75) is 51.6 Å². The molecular weight excluding hydrogens is 276 g/mol. The first-order valence-electron chi connectivity index (χ1n) is 8.05. The van der Waals surface area contributed by atoms with Gasteiger partial charge in [0.1, 0.15) is 0 Å². The molecule has 3 atom stereocenters. The molecule has 0 radical (unpaired) electrons. The van der Waals surface area contributed by atoms with E-state index >= 15 is 0 Å². The number of nitrogens with one attached hydrogen (secondary N) is 1. The third-order valence-corrected chi connectivity index (χ3v) is 4.73. The largest absolute Gasteiger partial charge is 0.340 e. The number of hydrogen-bond donors (Lipinski definition) is 1. The second-order valence-corrected chi connectivity index (χ2v) is 6.31. The number of hydrogen-bond acceptors (Lipinski definition) is 3. The molecule has 122 valence electrons. The quantitative estimate of drug-likeness (QED) is 0.856. The van der Waals surface area contributed by atoms with Gasteiger partial charge in [-0.15, -0.1) is 0 Å². The van der Waals surface area contributed by atoms with E-state index in [0.717, 1.165) is 25.8 Å². The van der Waals surface area contributed by atoms with Gasteiger partial charge in [-0.25, -0.2) is 8.78 Å². The van der Waals surface area contributed by atoms with Gasteiger partial charge in [0.25, 0.3) is 6.43 Å². The lowest BCUT2D eigenvalue weighted by atomic mass is 9.91. The number of piperidine rings is 1. The fourth-order valence-corrected chi connectivity index (χ4v) is 3.51. The molecule has 2 aliphatic rings. The van der Waals surface area contributed by atoms with Crippen LogP contribution in [0, 0.1) is 5.92 Å². The maximum absolute atomic E-state index is 12.6. The van der Waals surface area contributed by atoms with Crippen molar-refractivity contribution in [3.8, 4) is 0 Å². The predicted octanol–water partition coefficient (Wildman–Crippen LogP) is 1.56. The molecule has 1 unspecified atom stereocenters. The van der Waals surface area contributed by atoms with Gasteiger partial charge in [0.2, 0.25) is 5.91 Å². The number of alkyl halides is 2. The average molecular weight is 303 g/mol. The van der Waals surface area contributed by atoms with Crippen molar-refractivity contribution in [1.29, 1.82) is 0 Å². The van der Waals surface area contributed by atoms with E-state index in [1.807, 2.05) is 16.7 Å². The van der Waals surface area contributed by atoms with Crippen LogP contribution in [0.1, 0.15) is 33.1 Å². The van der Waals surface area contributed by atoms with Crippen LogP contribution >= 0.6 is 0 Å². The van der Waals surface area contributed by atoms with Gasteiger partial charge < -0.3 is 10.2 Å². The van der Waals surface area contributed by atoms with Crippen LogP contribution < -0.4 is 5.32 Å². The summed E-state index contributed by atoms with van der Waals surface area (Å²) in [4.78, 5) is 16.4. The molecule has 1 N–H and O–H groups in total. The van der Waals surface area contributed by atoms with Gasteiger partial charge in [0, 0.05) is 37.6 Å². The third kappa shape index (κ3) is 4.36. The average Bonchev–Trinajstić information content (AvgIpc) is 2.46. The lowest BCUT2D eigenvalue weighted by Crippen LogP contribution is -2.57. The molecule has 0 aliphatic carbocycles. The van der Waals surface area contributed by atoms with Gasteiger partial charge >= 0.3 is 0 Å². The third-order valence-electron chi connectivity index (χ3n) is 4.73. The highest BCUT2D eigenvalue weighted by Crippen LogP contribution is 2.22. The molecule has 6 heteroatoms. The van der Waals surface area contributed by atoms with E-state index in [9.17, 15) is 13.6 Å². The monoisotopic (exact) mass is 303 g/mol. The standard InChI is InChI=1S/C15H27F2N3O/c1-3-13-9-20(7-6-19(13)10-14(16)17)15(21)12-4-5-18-11(2)8-12/h11-14,18H,3-10H2,1-2H3/t11-,12-,13?/m0/s1. The number of nitrogens with zero attached hydrogens (tertiary/aromatic N) is 2. The van der Waals surface area contributed by atoms with E-state index in [1.54, 1.807) is 0 Å². The molecule has 0 saturated carbocycles. The Kier molecular flexibility index (Phi) is 5.93. The highest BCUT2D eigenvalue weighted by atomic mass is 19.3. The lowest BCUT2D eigenvalue weighted by Gasteiger charge is -2.42. The number of halogens is 2. The van der Waals surface area contributed by atoms with E-state index in [1.165, 1.54) is 0 Å². The number of carbonyl (C=O) groups excluding carboxylic acids is 1. The Balaban J connectivity index is 1.91. The van der Waals surface area contributed by atoms with Gasteiger partial charge in [-0.2, -0.15) is 0 Å². The molecule has 2 heterocycles. The minimum absolute atomic E-state index is 0.0656. The Hall–Kier alpha value is -0.750. The van der Waals surface area contributed by atoms with Crippen molar-refractivity contribution in [3.63, 3.8) is 0 Å². The summed E-state index contributed by atoms with van der Waals surface area (Å²) in [6.07, 6.45) is 0.273. The van der Waals surface area contributed by atoms with Crippen molar-refractivity contribution in [1.82, 2.24) is 15.1 Å². The van der Waals surface area contributed by atoms with E-state index < -0.39 is 6.43 Å². The normalized spacial score (nSPS) is 31.7. The van der Waals surface area contributed by atoms with Crippen molar-refractivity contribution >= 4 is 5.91 Å². The highest BCUT2D eigenvalue weighted by Gasteiger charge is 2.34. The number of rotatable bonds is 4. The van der Waals surface area contributed by atoms with Crippen molar-refractivity contribution in [2.75, 3.05) is 32.7 Å². The summed E-state index contributed by atoms with van der Waals surface area (Å²) in [5.41, 5.74) is 0. The Morgan fingerprint density at radius 1 is 1.38 bits per heavy atom. The molecule has 1 amide bonds. The van der Waals surface area contributed by atoms with Crippen LogP contribution in [-0.4, -0.2) is 66.9 Å². The van der Waals surface area contributed by atoms with Gasteiger partial charge in [-0.1, -0.05) is 6.92 Å². The summed E-state index contributed by atoms with van der Waals surface area (Å²) in [6.45, 7) is 6.57. The lowest BCUT2D eigenvalue weighted by molar-refractivity contribution is -0.140. The van der Waals surface area contributed by atoms with Crippen LogP contribution in [0.15, 0.2) is 0 Å². The van der Waals surface area contributed by atoms with Gasteiger partial charge in [-0.3, -0.25) is 9.69 Å². The van der Waals surface area contributed by atoms with Crippen LogP contribution in [0.4, 0.5) is 8.78 Å². The van der Waals surface area contributed by atoms with Gasteiger partial charge in [-0.05, 0) is 32.7 Å². The zero-order valence-electron chi connectivity index (χ0n) is 13.0. The number of amides is 1. The minimum Gasteiger partial charge on any atom is -0.340 e. The Morgan fingerprint density at radius 2 is 2.14 bits per heavy atom. The Morgan fingerprint density at radius 3 is 2.76 bits per heavy atom. The molecule has 2 rings (SSSR count). The second-order valence-electron chi connectivity index (χ2n) is 6.31. The highest BCUT2D eigenvalue weighted by molar-refractivity contribution is 5.79. The van der Waals surface area contributed by atoms with Crippen LogP contribution in [0.25, 0.3) is 0 Å². The summed E-state index contributed by atoms with van der Waals surface area (Å²) in [5, 5.41) is 3.36. The molecular formula is C15H27F2N3O. The summed E-state index contributed by atoms with van der Waals surface area (Å²) < 4.78 is 25.2. The molecule has 0 aromatic carbocycles. The fourth-order valence-electron chi connectivity index (χ4n) is 3.51. The summed E-state index contributed by atoms with van der Waals surface area (Å²) in [5.74, 6) is 0.318. The molecule has 0 bridgehead atoms. The Bertz CT molecular complexity index is 354. The van der Waals surface area contributed by atoms with Gasteiger partial charge in [0.15, 0.2) is 0 Å². The van der Waals surface area contributed by atoms with E-state index in [0.29, 0.717) is 25.7 Å². The molecule has 4 nitrogen and oxygen atoms in total. The second kappa shape index (κ2) is 7.49. The summed E-state index contributed by atoms with van der Waals surface area (Å²) in [6, 6.07) is 0.450. The van der Waals surface area contributed by atoms with Crippen LogP contribution in [0.5, 0.6) is 0 Å². The molecule has 2 saturated heterocycles. The first kappa shape index (κ1) is 16.6. The first-order chi connectivity index (χ1) is 10.0. The van der Waals surface area contributed by atoms with Gasteiger partial charge in [0.05, 0.1) is 6.54 Å². The van der Waals surface area contributed by atoms with E-state index in [-0.39, 0.29) is 24.4 Å². The smallest absolute Gasteiger partial charge is 0.251 e. The van der Waals surface area contributed by atoms with Crippen molar-refractivity contribution < 1.29 is 13.6 Å². The molecule has 0 spiro atoms. The van der Waals surface area contributed by atoms with E-state index in [2.05, 4.69) is 12.2 Å². The molecule has 0 aromatic rings. The zero-order valence-corrected chi connectivity index (χ0v) is 13.0. The topological polar surface area (TPSA) is 35.6 Å². The summed E-state index contributed by atoms with van der Waals surface area (Å²) in [7, 11) is 0. The minimum atomic E-state index is -2.30. The van der Waals surface area contributed by atoms with Crippen LogP contribution in [0.2, 0.25) is 0 Å². The first-order valence-corrected chi connectivity index (χ1v) is 8.05. The maximum atomic E-state index is 12.6. The molecule has 2 fully saturated rings. The van der Waals surface area contributed by atoms with Crippen molar-refractivity contribution in [2.24, 2.45) is 5.92 Å². The number of carbonyl (C=O) groups is 1. The predicted molar refractivity (Wildman–Crippen MR) is 78.4 cm³/mol. The molecule has 2 aliphatic heterocycles. The maximum Gasteiger partial charge on any atom is 0.251 e. The fraction of sp³-hybridized carbons (Fsp3) is 0.933. The number of piperazine rings is 1. The summed E-state index contributed by atoms with van der Waals surface area (Å²) >= 11 is 0. The van der Waals surface area contributed by atoms with Crippen molar-refractivity contribution in [3.05, 3.63) is 0 Å². The zero-order chi connectivity index (χ0) is 15.4. The van der Waals surface area contributed by atoms with E-state index in [4.69, 9.17) is 0 Å². The molecule has 21 heavy (non-hydrogen) atoms. The Labute approximate surface area is 125 Å². The molecule has 0 aromatic heterocycles.